The van der Waals surface area contributed by atoms with Gasteiger partial charge in [-0.15, -0.1) is 0 Å². The molecule has 2 aliphatic heterocycles. The molecule has 104 valence electrons. The van der Waals surface area contributed by atoms with Gasteiger partial charge in [0.25, 0.3) is 0 Å². The number of hydrogen-bond acceptors (Lipinski definition) is 2. The molecule has 2 rings (SSSR count). The van der Waals surface area contributed by atoms with Crippen LogP contribution in [0.1, 0.15) is 58.3 Å². The van der Waals surface area contributed by atoms with Crippen LogP contribution in [0.2, 0.25) is 0 Å². The average molecular weight is 252 g/mol. The van der Waals surface area contributed by atoms with E-state index in [1.165, 1.54) is 51.4 Å². The van der Waals surface area contributed by atoms with Crippen LogP contribution in [0.3, 0.4) is 0 Å². The molecule has 0 saturated carbocycles. The number of rotatable bonds is 3. The third-order valence-electron chi connectivity index (χ3n) is 4.52. The number of amides is 1. The molecule has 1 unspecified atom stereocenters. The molecule has 0 aromatic heterocycles. The highest BCUT2D eigenvalue weighted by Crippen LogP contribution is 2.19. The Hall–Kier alpha value is -0.570. The molecule has 2 heterocycles. The molecule has 3 nitrogen and oxygen atoms in total. The van der Waals surface area contributed by atoms with Crippen molar-refractivity contribution < 1.29 is 4.79 Å². The summed E-state index contributed by atoms with van der Waals surface area (Å²) in [6.45, 7) is 6.02. The van der Waals surface area contributed by atoms with Crippen LogP contribution >= 0.6 is 0 Å². The van der Waals surface area contributed by atoms with Crippen molar-refractivity contribution in [3.63, 3.8) is 0 Å². The summed E-state index contributed by atoms with van der Waals surface area (Å²) in [6, 6.07) is 0.648. The maximum absolute atomic E-state index is 12.4. The molecule has 0 aromatic rings. The molecule has 18 heavy (non-hydrogen) atoms. The predicted molar refractivity (Wildman–Crippen MR) is 74.6 cm³/mol. The maximum atomic E-state index is 12.4. The summed E-state index contributed by atoms with van der Waals surface area (Å²) < 4.78 is 0. The molecule has 0 aliphatic carbocycles. The van der Waals surface area contributed by atoms with Gasteiger partial charge in [0, 0.05) is 19.1 Å². The molecular weight excluding hydrogens is 224 g/mol. The fraction of sp³-hybridized carbons (Fsp3) is 0.933. The van der Waals surface area contributed by atoms with Crippen LogP contribution < -0.4 is 0 Å². The van der Waals surface area contributed by atoms with Gasteiger partial charge in [0.2, 0.25) is 5.91 Å². The highest BCUT2D eigenvalue weighted by atomic mass is 16.2. The van der Waals surface area contributed by atoms with Crippen LogP contribution in [0.25, 0.3) is 0 Å². The highest BCUT2D eigenvalue weighted by molar-refractivity contribution is 5.78. The Balaban J connectivity index is 1.84. The minimum absolute atomic E-state index is 0.372. The van der Waals surface area contributed by atoms with E-state index in [9.17, 15) is 4.79 Å². The Morgan fingerprint density at radius 1 is 1.00 bits per heavy atom. The first-order valence-corrected chi connectivity index (χ1v) is 7.83. The third kappa shape index (κ3) is 3.71. The van der Waals surface area contributed by atoms with Crippen molar-refractivity contribution >= 4 is 5.91 Å². The lowest BCUT2D eigenvalue weighted by Crippen LogP contribution is -2.46. The van der Waals surface area contributed by atoms with Crippen molar-refractivity contribution in [1.29, 1.82) is 0 Å². The topological polar surface area (TPSA) is 23.6 Å². The van der Waals surface area contributed by atoms with E-state index in [4.69, 9.17) is 0 Å². The lowest BCUT2D eigenvalue weighted by Gasteiger charge is -2.36. The van der Waals surface area contributed by atoms with E-state index in [2.05, 4.69) is 16.7 Å². The molecule has 1 amide bonds. The summed E-state index contributed by atoms with van der Waals surface area (Å²) in [6.07, 6.45) is 10.1. The minimum atomic E-state index is 0.372. The van der Waals surface area contributed by atoms with Crippen molar-refractivity contribution in [3.8, 4) is 0 Å². The van der Waals surface area contributed by atoms with E-state index < -0.39 is 0 Å². The van der Waals surface area contributed by atoms with E-state index >= 15 is 0 Å². The van der Waals surface area contributed by atoms with Crippen molar-refractivity contribution in [2.45, 2.75) is 64.3 Å². The Morgan fingerprint density at radius 3 is 2.33 bits per heavy atom. The zero-order valence-corrected chi connectivity index (χ0v) is 11.9. The first kappa shape index (κ1) is 13.9. The summed E-state index contributed by atoms with van der Waals surface area (Å²) in [5.41, 5.74) is 0. The fourth-order valence-corrected chi connectivity index (χ4v) is 3.32. The average Bonchev–Trinajstić information content (AvgIpc) is 2.68. The van der Waals surface area contributed by atoms with Crippen molar-refractivity contribution in [1.82, 2.24) is 9.80 Å². The lowest BCUT2D eigenvalue weighted by molar-refractivity contribution is -0.133. The van der Waals surface area contributed by atoms with Crippen molar-refractivity contribution in [3.05, 3.63) is 0 Å². The summed E-state index contributed by atoms with van der Waals surface area (Å²) in [5.74, 6) is 0.372. The number of carbonyl (C=O) groups excluding carboxylic acids is 1. The minimum Gasteiger partial charge on any atom is -0.342 e. The summed E-state index contributed by atoms with van der Waals surface area (Å²) in [5, 5.41) is 0. The molecule has 0 N–H and O–H groups in total. The molecule has 0 bridgehead atoms. The zero-order chi connectivity index (χ0) is 12.8. The molecular formula is C15H28N2O. The second kappa shape index (κ2) is 7.13. The highest BCUT2D eigenvalue weighted by Gasteiger charge is 2.25. The second-order valence-corrected chi connectivity index (χ2v) is 5.82. The van der Waals surface area contributed by atoms with Gasteiger partial charge < -0.3 is 4.90 Å². The third-order valence-corrected chi connectivity index (χ3v) is 4.52. The van der Waals surface area contributed by atoms with Gasteiger partial charge >= 0.3 is 0 Å². The van der Waals surface area contributed by atoms with E-state index in [-0.39, 0.29) is 0 Å². The first-order chi connectivity index (χ1) is 8.81. The molecule has 2 fully saturated rings. The lowest BCUT2D eigenvalue weighted by atomic mass is 10.00. The normalized spacial score (nSPS) is 26.9. The molecule has 1 atom stereocenters. The largest absolute Gasteiger partial charge is 0.342 e. The molecule has 2 saturated heterocycles. The van der Waals surface area contributed by atoms with Crippen LogP contribution in [0.4, 0.5) is 0 Å². The van der Waals surface area contributed by atoms with E-state index in [0.717, 1.165) is 19.6 Å². The van der Waals surface area contributed by atoms with E-state index in [1.54, 1.807) is 0 Å². The number of nitrogens with zero attached hydrogens (tertiary/aromatic N) is 2. The van der Waals surface area contributed by atoms with E-state index in [1.807, 2.05) is 0 Å². The monoisotopic (exact) mass is 252 g/mol. The summed E-state index contributed by atoms with van der Waals surface area (Å²) in [4.78, 5) is 16.9. The molecule has 0 aromatic carbocycles. The Labute approximate surface area is 112 Å². The van der Waals surface area contributed by atoms with Gasteiger partial charge in [-0.1, -0.05) is 26.2 Å². The maximum Gasteiger partial charge on any atom is 0.236 e. The summed E-state index contributed by atoms with van der Waals surface area (Å²) >= 11 is 0. The Bertz CT molecular complexity index is 259. The fourth-order valence-electron chi connectivity index (χ4n) is 3.32. The van der Waals surface area contributed by atoms with E-state index in [0.29, 0.717) is 18.5 Å². The SMILES string of the molecule is CCC1CCCCN1CC(=O)N1CCCCCC1. The van der Waals surface area contributed by atoms with Crippen LogP contribution in [0, 0.1) is 0 Å². The van der Waals surface area contributed by atoms with Gasteiger partial charge in [-0.3, -0.25) is 9.69 Å². The zero-order valence-electron chi connectivity index (χ0n) is 11.9. The van der Waals surface area contributed by atoms with Gasteiger partial charge in [0.05, 0.1) is 6.54 Å². The molecule has 0 radical (unpaired) electrons. The number of likely N-dealkylation sites (tertiary alicyclic amines) is 2. The van der Waals surface area contributed by atoms with Gasteiger partial charge in [-0.25, -0.2) is 0 Å². The number of hydrogen-bond donors (Lipinski definition) is 0. The van der Waals surface area contributed by atoms with Crippen LogP contribution in [0.5, 0.6) is 0 Å². The second-order valence-electron chi connectivity index (χ2n) is 5.82. The molecule has 3 heteroatoms. The first-order valence-electron chi connectivity index (χ1n) is 7.83. The summed E-state index contributed by atoms with van der Waals surface area (Å²) in [7, 11) is 0. The van der Waals surface area contributed by atoms with Crippen molar-refractivity contribution in [2.24, 2.45) is 0 Å². The molecule has 2 aliphatic rings. The van der Waals surface area contributed by atoms with Gasteiger partial charge in [0.1, 0.15) is 0 Å². The number of carbonyl (C=O) groups is 1. The van der Waals surface area contributed by atoms with Gasteiger partial charge in [-0.2, -0.15) is 0 Å². The standard InChI is InChI=1S/C15H28N2O/c1-2-14-9-5-8-12-17(14)13-15(18)16-10-6-3-4-7-11-16/h14H,2-13H2,1H3. The van der Waals surface area contributed by atoms with Crippen LogP contribution in [-0.4, -0.2) is 47.9 Å². The van der Waals surface area contributed by atoms with Crippen molar-refractivity contribution in [2.75, 3.05) is 26.2 Å². The molecule has 0 spiro atoms. The Morgan fingerprint density at radius 2 is 1.67 bits per heavy atom. The quantitative estimate of drug-likeness (QED) is 0.771. The van der Waals surface area contributed by atoms with Crippen LogP contribution in [-0.2, 0) is 4.79 Å². The van der Waals surface area contributed by atoms with Crippen LogP contribution in [0.15, 0.2) is 0 Å². The Kier molecular flexibility index (Phi) is 5.48. The predicted octanol–water partition coefficient (Wildman–Crippen LogP) is 2.65. The number of piperidine rings is 1. The van der Waals surface area contributed by atoms with Gasteiger partial charge in [0.15, 0.2) is 0 Å². The van der Waals surface area contributed by atoms with Gasteiger partial charge in [-0.05, 0) is 38.6 Å². The smallest absolute Gasteiger partial charge is 0.236 e.